The Hall–Kier alpha value is -3.75. The molecule has 0 saturated carbocycles. The molecular weight excluding hydrogens is 823 g/mol. The van der Waals surface area contributed by atoms with Gasteiger partial charge in [-0.05, 0) is 89.9 Å². The Kier molecular flexibility index (Phi) is 45.0. The number of ether oxygens (including phenoxy) is 3. The van der Waals surface area contributed by atoms with Crippen LogP contribution in [-0.4, -0.2) is 75.5 Å². The van der Waals surface area contributed by atoms with E-state index in [4.69, 9.17) is 14.2 Å². The zero-order valence-electron chi connectivity index (χ0n) is 42.8. The van der Waals surface area contributed by atoms with E-state index in [1.165, 1.54) is 89.9 Å². The normalized spacial score (nSPS) is 13.7. The third-order valence-corrected chi connectivity index (χ3v) is 11.2. The first-order valence-electron chi connectivity index (χ1n) is 26.3. The van der Waals surface area contributed by atoms with Crippen molar-refractivity contribution in [3.05, 3.63) is 97.2 Å². The van der Waals surface area contributed by atoms with E-state index in [1.807, 2.05) is 0 Å². The van der Waals surface area contributed by atoms with Gasteiger partial charge in [0.2, 0.25) is 0 Å². The predicted octanol–water partition coefficient (Wildman–Crippen LogP) is 14.1. The summed E-state index contributed by atoms with van der Waals surface area (Å²) in [5.41, 5.74) is 0. The van der Waals surface area contributed by atoms with Crippen LogP contribution in [0.3, 0.4) is 0 Å². The second kappa shape index (κ2) is 47.7. The molecule has 0 saturated heterocycles. The number of likely N-dealkylation sites (N-methyl/N-ethyl adjacent to an activating group) is 1. The summed E-state index contributed by atoms with van der Waals surface area (Å²) in [6, 6.07) is -0.741. The van der Waals surface area contributed by atoms with Gasteiger partial charge in [0.15, 0.2) is 6.10 Å². The van der Waals surface area contributed by atoms with Gasteiger partial charge in [0.25, 0.3) is 0 Å². The molecule has 0 heterocycles. The molecule has 0 aromatic heterocycles. The molecular formula is C58H97NO7. The number of allylic oxidation sites excluding steroid dienone is 16. The number of unbranched alkanes of at least 4 members (excludes halogenated alkanes) is 16. The lowest BCUT2D eigenvalue weighted by molar-refractivity contribution is -0.889. The number of carbonyl (C=O) groups excluding carboxylic acids is 3. The highest BCUT2D eigenvalue weighted by Crippen LogP contribution is 2.14. The number of carbonyl (C=O) groups is 3. The summed E-state index contributed by atoms with van der Waals surface area (Å²) in [4.78, 5) is 37.0. The van der Waals surface area contributed by atoms with E-state index in [0.717, 1.165) is 70.6 Å². The van der Waals surface area contributed by atoms with Crippen molar-refractivity contribution in [2.75, 3.05) is 41.0 Å². The highest BCUT2D eigenvalue weighted by Gasteiger charge is 2.25. The van der Waals surface area contributed by atoms with Gasteiger partial charge in [-0.1, -0.05) is 188 Å². The quantitative estimate of drug-likeness (QED) is 0.0259. The molecule has 2 unspecified atom stereocenters. The highest BCUT2D eigenvalue weighted by atomic mass is 16.6. The summed E-state index contributed by atoms with van der Waals surface area (Å²) < 4.78 is 17.2. The molecule has 66 heavy (non-hydrogen) atoms. The number of hydrogen-bond acceptors (Lipinski definition) is 7. The topological polar surface area (TPSA) is 102 Å². The van der Waals surface area contributed by atoms with Gasteiger partial charge in [-0.25, -0.2) is 0 Å². The molecule has 2 atom stereocenters. The molecule has 0 aliphatic heterocycles. The smallest absolute Gasteiger partial charge is 0.306 e. The third kappa shape index (κ3) is 45.4. The van der Waals surface area contributed by atoms with Crippen LogP contribution >= 0.6 is 0 Å². The summed E-state index contributed by atoms with van der Waals surface area (Å²) in [5, 5.41) is 11.7. The largest absolute Gasteiger partial charge is 0.544 e. The predicted molar refractivity (Wildman–Crippen MR) is 277 cm³/mol. The maximum absolute atomic E-state index is 12.8. The summed E-state index contributed by atoms with van der Waals surface area (Å²) in [6.07, 6.45) is 64.5. The highest BCUT2D eigenvalue weighted by molar-refractivity contribution is 5.70. The lowest BCUT2D eigenvalue weighted by Crippen LogP contribution is -2.55. The summed E-state index contributed by atoms with van der Waals surface area (Å²) in [5.74, 6) is -1.82. The van der Waals surface area contributed by atoms with Crippen molar-refractivity contribution in [3.8, 4) is 0 Å². The summed E-state index contributed by atoms with van der Waals surface area (Å²) >= 11 is 0. The van der Waals surface area contributed by atoms with Crippen molar-refractivity contribution >= 4 is 17.9 Å². The van der Waals surface area contributed by atoms with Crippen LogP contribution in [0, 0.1) is 0 Å². The van der Waals surface area contributed by atoms with Gasteiger partial charge in [0.1, 0.15) is 12.6 Å². The fourth-order valence-corrected chi connectivity index (χ4v) is 7.17. The maximum Gasteiger partial charge on any atom is 0.306 e. The monoisotopic (exact) mass is 920 g/mol. The molecule has 0 aromatic carbocycles. The zero-order chi connectivity index (χ0) is 48.4. The average Bonchev–Trinajstić information content (AvgIpc) is 3.28. The first-order chi connectivity index (χ1) is 32.1. The Morgan fingerprint density at radius 3 is 1.32 bits per heavy atom. The van der Waals surface area contributed by atoms with Crippen LogP contribution < -0.4 is 5.11 Å². The van der Waals surface area contributed by atoms with Gasteiger partial charge in [-0.15, -0.1) is 0 Å². The summed E-state index contributed by atoms with van der Waals surface area (Å²) in [7, 11) is 5.39. The van der Waals surface area contributed by atoms with E-state index >= 15 is 0 Å². The molecule has 0 rings (SSSR count). The second-order valence-corrected chi connectivity index (χ2v) is 18.4. The van der Waals surface area contributed by atoms with Crippen molar-refractivity contribution in [1.82, 2.24) is 0 Å². The lowest BCUT2D eigenvalue weighted by atomic mass is 10.1. The van der Waals surface area contributed by atoms with E-state index in [2.05, 4.69) is 111 Å². The molecule has 0 N–H and O–H groups in total. The molecule has 0 spiro atoms. The van der Waals surface area contributed by atoms with Gasteiger partial charge in [0, 0.05) is 19.3 Å². The van der Waals surface area contributed by atoms with Crippen LogP contribution in [-0.2, 0) is 28.6 Å². The molecule has 0 fully saturated rings. The lowest BCUT2D eigenvalue weighted by Gasteiger charge is -2.34. The number of carboxylic acids is 1. The molecule has 0 amide bonds. The van der Waals surface area contributed by atoms with Gasteiger partial charge in [0.05, 0.1) is 40.3 Å². The van der Waals surface area contributed by atoms with Gasteiger partial charge < -0.3 is 28.6 Å². The van der Waals surface area contributed by atoms with Crippen molar-refractivity contribution < 1.29 is 38.2 Å². The first kappa shape index (κ1) is 62.2. The molecule has 8 nitrogen and oxygen atoms in total. The molecule has 0 aliphatic rings. The molecule has 0 radical (unpaired) electrons. The van der Waals surface area contributed by atoms with Crippen LogP contribution in [0.25, 0.3) is 0 Å². The number of nitrogens with zero attached hydrogens (tertiary/aromatic N) is 1. The van der Waals surface area contributed by atoms with Crippen LogP contribution in [0.1, 0.15) is 200 Å². The number of carboxylic acid groups (broad SMARTS) is 1. The Labute approximate surface area is 405 Å². The Balaban J connectivity index is 4.37. The van der Waals surface area contributed by atoms with Crippen LogP contribution in [0.15, 0.2) is 97.2 Å². The minimum absolute atomic E-state index is 0.0155. The maximum atomic E-state index is 12.8. The average molecular weight is 920 g/mol. The van der Waals surface area contributed by atoms with E-state index < -0.39 is 18.1 Å². The Morgan fingerprint density at radius 1 is 0.470 bits per heavy atom. The van der Waals surface area contributed by atoms with Gasteiger partial charge in [-0.2, -0.15) is 0 Å². The minimum Gasteiger partial charge on any atom is -0.544 e. The molecule has 0 aromatic rings. The Bertz CT molecular complexity index is 1400. The molecule has 8 heteroatoms. The third-order valence-electron chi connectivity index (χ3n) is 11.2. The van der Waals surface area contributed by atoms with E-state index in [-0.39, 0.29) is 49.1 Å². The van der Waals surface area contributed by atoms with Crippen molar-refractivity contribution in [3.63, 3.8) is 0 Å². The van der Waals surface area contributed by atoms with Crippen LogP contribution in [0.5, 0.6) is 0 Å². The van der Waals surface area contributed by atoms with Crippen LogP contribution in [0.4, 0.5) is 0 Å². The van der Waals surface area contributed by atoms with Crippen molar-refractivity contribution in [2.45, 2.75) is 212 Å². The van der Waals surface area contributed by atoms with E-state index in [1.54, 1.807) is 21.1 Å². The summed E-state index contributed by atoms with van der Waals surface area (Å²) in [6.45, 7) is 4.48. The zero-order valence-corrected chi connectivity index (χ0v) is 42.8. The molecule has 0 bridgehead atoms. The standard InChI is InChI=1S/C58H97NO7/c1-6-8-10-12-14-16-18-20-22-24-26-27-28-29-31-32-34-36-38-40-42-44-46-48-56(60)65-53-54(52-64-51-50-55(58(62)63)59(3,4)5)66-57(61)49-47-45-43-41-39-37-35-33-30-25-23-21-19-17-15-13-11-9-7-2/h8,10,14,16,20,22,25-27,29-31,34,36,40,42,54-55H,6-7,9,11-13,15,17-19,21,23-24,28,32-33,35,37-39,41,43-53H2,1-5H3/b10-8+,16-14+,22-20+,27-26+,30-25+,31-29+,36-34+,42-40+. The fourth-order valence-electron chi connectivity index (χ4n) is 7.17. The first-order valence-corrected chi connectivity index (χ1v) is 26.3. The van der Waals surface area contributed by atoms with Crippen molar-refractivity contribution in [2.24, 2.45) is 0 Å². The van der Waals surface area contributed by atoms with E-state index in [9.17, 15) is 19.5 Å². The SMILES string of the molecule is CC/C=C/C/C=C/C/C=C/C/C=C/C/C=C/C/C=C/C/C=C/CCCC(=O)OCC(COCCC(C(=O)[O-])[N+](C)(C)C)OC(=O)CCCCCCCCC/C=C/CCCCCCCCCC. The number of hydrogen-bond donors (Lipinski definition) is 0. The van der Waals surface area contributed by atoms with Gasteiger partial charge in [-0.3, -0.25) is 9.59 Å². The number of esters is 2. The second-order valence-electron chi connectivity index (χ2n) is 18.4. The minimum atomic E-state index is -1.14. The fraction of sp³-hybridized carbons (Fsp3) is 0.672. The van der Waals surface area contributed by atoms with E-state index in [0.29, 0.717) is 12.8 Å². The number of rotatable bonds is 46. The number of quaternary nitrogens is 1. The van der Waals surface area contributed by atoms with Gasteiger partial charge >= 0.3 is 11.9 Å². The van der Waals surface area contributed by atoms with Crippen molar-refractivity contribution in [1.29, 1.82) is 0 Å². The Morgan fingerprint density at radius 2 is 0.864 bits per heavy atom. The van der Waals surface area contributed by atoms with Crippen LogP contribution in [0.2, 0.25) is 0 Å². The molecule has 376 valence electrons. The number of aliphatic carboxylic acids is 1. The molecule has 0 aliphatic carbocycles.